The second kappa shape index (κ2) is 3.98. The van der Waals surface area contributed by atoms with Gasteiger partial charge in [0.15, 0.2) is 0 Å². The van der Waals surface area contributed by atoms with Crippen LogP contribution in [0.15, 0.2) is 0 Å². The van der Waals surface area contributed by atoms with E-state index in [1.54, 1.807) is 0 Å². The van der Waals surface area contributed by atoms with Gasteiger partial charge in [-0.05, 0) is 19.5 Å². The second-order valence-corrected chi connectivity index (χ2v) is 4.12. The molecule has 86 valence electrons. The average molecular weight is 214 g/mol. The molecule has 2 aliphatic heterocycles. The zero-order valence-corrected chi connectivity index (χ0v) is 9.28. The molecule has 1 unspecified atom stereocenters. The van der Waals surface area contributed by atoms with Gasteiger partial charge in [-0.15, -0.1) is 0 Å². The summed E-state index contributed by atoms with van der Waals surface area (Å²) in [5.41, 5.74) is -0.326. The second-order valence-electron chi connectivity index (χ2n) is 4.12. The van der Waals surface area contributed by atoms with E-state index in [2.05, 4.69) is 12.2 Å². The molecule has 2 fully saturated rings. The lowest BCUT2D eigenvalue weighted by molar-refractivity contribution is -0.115. The minimum absolute atomic E-state index is 0.0529. The first-order valence-electron chi connectivity index (χ1n) is 5.50. The summed E-state index contributed by atoms with van der Waals surface area (Å²) in [6, 6.07) is 0.0529. The van der Waals surface area contributed by atoms with Gasteiger partial charge in [-0.1, -0.05) is 6.92 Å². The van der Waals surface area contributed by atoms with Crippen LogP contribution in [-0.2, 0) is 9.57 Å². The fourth-order valence-electron chi connectivity index (χ4n) is 2.65. The maximum atomic E-state index is 11.6. The van der Waals surface area contributed by atoms with Crippen molar-refractivity contribution in [3.8, 4) is 0 Å². The first kappa shape index (κ1) is 10.7. The van der Waals surface area contributed by atoms with Gasteiger partial charge >= 0.3 is 6.09 Å². The molecule has 0 aromatic carbocycles. The molecule has 5 heteroatoms. The lowest BCUT2D eigenvalue weighted by Crippen LogP contribution is -2.51. The Morgan fingerprint density at radius 3 is 2.80 bits per heavy atom. The molecule has 1 spiro atoms. The summed E-state index contributed by atoms with van der Waals surface area (Å²) >= 11 is 0. The largest absolute Gasteiger partial charge is 0.439 e. The van der Waals surface area contributed by atoms with Crippen LogP contribution in [0.4, 0.5) is 4.79 Å². The molecular formula is C10H18N2O3. The van der Waals surface area contributed by atoms with Gasteiger partial charge in [0.2, 0.25) is 0 Å². The highest BCUT2D eigenvalue weighted by Gasteiger charge is 2.53. The van der Waals surface area contributed by atoms with Crippen molar-refractivity contribution in [1.82, 2.24) is 10.4 Å². The van der Waals surface area contributed by atoms with Crippen molar-refractivity contribution in [2.24, 2.45) is 0 Å². The van der Waals surface area contributed by atoms with Crippen molar-refractivity contribution in [2.75, 3.05) is 20.2 Å². The lowest BCUT2D eigenvalue weighted by atomic mass is 9.84. The van der Waals surface area contributed by atoms with Crippen LogP contribution < -0.4 is 5.32 Å². The molecule has 2 saturated heterocycles. The molecular weight excluding hydrogens is 196 g/mol. The molecule has 1 N–H and O–H groups in total. The van der Waals surface area contributed by atoms with E-state index in [-0.39, 0.29) is 17.7 Å². The van der Waals surface area contributed by atoms with Crippen molar-refractivity contribution in [3.63, 3.8) is 0 Å². The number of ether oxygens (including phenoxy) is 1. The Morgan fingerprint density at radius 1 is 1.60 bits per heavy atom. The summed E-state index contributed by atoms with van der Waals surface area (Å²) in [5.74, 6) is 0. The molecule has 0 bridgehead atoms. The summed E-state index contributed by atoms with van der Waals surface area (Å²) in [7, 11) is 1.52. The van der Waals surface area contributed by atoms with E-state index in [4.69, 9.17) is 9.57 Å². The Kier molecular flexibility index (Phi) is 2.84. The molecule has 0 aromatic rings. The molecule has 2 heterocycles. The van der Waals surface area contributed by atoms with Gasteiger partial charge in [-0.25, -0.2) is 4.79 Å². The summed E-state index contributed by atoms with van der Waals surface area (Å²) in [5, 5.41) is 4.66. The number of piperidine rings is 1. The number of hydroxylamine groups is 2. The Bertz CT molecular complexity index is 251. The molecule has 0 aromatic heterocycles. The number of amides is 1. The lowest BCUT2D eigenvalue weighted by Gasteiger charge is -2.36. The molecule has 5 nitrogen and oxygen atoms in total. The van der Waals surface area contributed by atoms with Crippen LogP contribution in [0.3, 0.4) is 0 Å². The van der Waals surface area contributed by atoms with Crippen LogP contribution >= 0.6 is 0 Å². The standard InChI is InChI=1S/C10H18N2O3/c1-3-8-10(4-6-11-7-5-10)15-9(13)12(8)14-2/h8,11H,3-7H2,1-2H3. The normalized spacial score (nSPS) is 29.6. The van der Waals surface area contributed by atoms with Crippen LogP contribution in [0.1, 0.15) is 26.2 Å². The SMILES string of the molecule is CCC1N(OC)C(=O)OC12CCNCC2. The van der Waals surface area contributed by atoms with E-state index in [0.29, 0.717) is 0 Å². The van der Waals surface area contributed by atoms with Gasteiger partial charge in [-0.2, -0.15) is 5.06 Å². The van der Waals surface area contributed by atoms with E-state index in [0.717, 1.165) is 32.4 Å². The number of carbonyl (C=O) groups excluding carboxylic acids is 1. The number of rotatable bonds is 2. The monoisotopic (exact) mass is 214 g/mol. The predicted molar refractivity (Wildman–Crippen MR) is 54.2 cm³/mol. The van der Waals surface area contributed by atoms with Crippen LogP contribution in [0.5, 0.6) is 0 Å². The van der Waals surface area contributed by atoms with Gasteiger partial charge < -0.3 is 10.1 Å². The Labute approximate surface area is 89.7 Å². The molecule has 0 aliphatic carbocycles. The van der Waals surface area contributed by atoms with Gasteiger partial charge in [0.25, 0.3) is 0 Å². The van der Waals surface area contributed by atoms with Gasteiger partial charge in [-0.3, -0.25) is 4.84 Å². The molecule has 0 saturated carbocycles. The van der Waals surface area contributed by atoms with Gasteiger partial charge in [0, 0.05) is 12.8 Å². The number of hydrogen-bond acceptors (Lipinski definition) is 4. The fraction of sp³-hybridized carbons (Fsp3) is 0.900. The molecule has 1 atom stereocenters. The van der Waals surface area contributed by atoms with Gasteiger partial charge in [0.05, 0.1) is 7.11 Å². The minimum atomic E-state index is -0.341. The predicted octanol–water partition coefficient (Wildman–Crippen LogP) is 0.901. The average Bonchev–Trinajstić information content (AvgIpc) is 2.50. The van der Waals surface area contributed by atoms with E-state index in [1.165, 1.54) is 12.2 Å². The first-order chi connectivity index (χ1) is 7.23. The third kappa shape index (κ3) is 1.59. The smallest absolute Gasteiger partial charge is 0.434 e. The Balaban J connectivity index is 2.20. The zero-order valence-electron chi connectivity index (χ0n) is 9.28. The van der Waals surface area contributed by atoms with Crippen molar-refractivity contribution in [3.05, 3.63) is 0 Å². The number of nitrogens with zero attached hydrogens (tertiary/aromatic N) is 1. The fourth-order valence-corrected chi connectivity index (χ4v) is 2.65. The quantitative estimate of drug-likeness (QED) is 0.742. The summed E-state index contributed by atoms with van der Waals surface area (Å²) < 4.78 is 5.52. The van der Waals surface area contributed by atoms with Crippen LogP contribution in [0, 0.1) is 0 Å². The highest BCUT2D eigenvalue weighted by molar-refractivity contribution is 5.70. The highest BCUT2D eigenvalue weighted by atomic mass is 16.7. The van der Waals surface area contributed by atoms with E-state index in [1.807, 2.05) is 0 Å². The Morgan fingerprint density at radius 2 is 2.27 bits per heavy atom. The summed E-state index contributed by atoms with van der Waals surface area (Å²) in [6.45, 7) is 3.87. The number of hydrogen-bond donors (Lipinski definition) is 1. The maximum Gasteiger partial charge on any atom is 0.434 e. The van der Waals surface area contributed by atoms with Crippen molar-refractivity contribution < 1.29 is 14.4 Å². The molecule has 2 aliphatic rings. The topological polar surface area (TPSA) is 50.8 Å². The van der Waals surface area contributed by atoms with E-state index < -0.39 is 0 Å². The third-order valence-corrected chi connectivity index (χ3v) is 3.39. The number of nitrogens with one attached hydrogen (secondary N) is 1. The van der Waals surface area contributed by atoms with E-state index >= 15 is 0 Å². The van der Waals surface area contributed by atoms with Crippen molar-refractivity contribution >= 4 is 6.09 Å². The Hall–Kier alpha value is -0.810. The number of carbonyl (C=O) groups is 1. The first-order valence-corrected chi connectivity index (χ1v) is 5.50. The van der Waals surface area contributed by atoms with Gasteiger partial charge in [0.1, 0.15) is 11.6 Å². The summed E-state index contributed by atoms with van der Waals surface area (Å²) in [4.78, 5) is 16.7. The minimum Gasteiger partial charge on any atom is -0.439 e. The molecule has 0 radical (unpaired) electrons. The van der Waals surface area contributed by atoms with Crippen molar-refractivity contribution in [2.45, 2.75) is 37.8 Å². The van der Waals surface area contributed by atoms with Crippen molar-refractivity contribution in [1.29, 1.82) is 0 Å². The molecule has 15 heavy (non-hydrogen) atoms. The third-order valence-electron chi connectivity index (χ3n) is 3.39. The molecule has 2 rings (SSSR count). The van der Waals surface area contributed by atoms with E-state index in [9.17, 15) is 4.79 Å². The zero-order chi connectivity index (χ0) is 10.9. The maximum absolute atomic E-state index is 11.6. The molecule has 1 amide bonds. The highest BCUT2D eigenvalue weighted by Crippen LogP contribution is 2.38. The summed E-state index contributed by atoms with van der Waals surface area (Å²) in [6.07, 6.45) is 2.26. The van der Waals surface area contributed by atoms with Crippen LogP contribution in [-0.4, -0.2) is 43.0 Å². The van der Waals surface area contributed by atoms with Crippen LogP contribution in [0.25, 0.3) is 0 Å². The van der Waals surface area contributed by atoms with Crippen LogP contribution in [0.2, 0.25) is 0 Å².